The molecule has 0 heterocycles. The molecule has 0 saturated carbocycles. The summed E-state index contributed by atoms with van der Waals surface area (Å²) in [6, 6.07) is 11.1. The van der Waals surface area contributed by atoms with Gasteiger partial charge in [-0.15, -0.1) is 0 Å². The number of benzene rings is 2. The fraction of sp³-hybridized carbons (Fsp3) is 0.118. The topological polar surface area (TPSA) is 69.7 Å². The Morgan fingerprint density at radius 2 is 1.61 bits per heavy atom. The summed E-state index contributed by atoms with van der Waals surface area (Å²) < 4.78 is 10.2. The van der Waals surface area contributed by atoms with Gasteiger partial charge in [0.25, 0.3) is 5.24 Å². The largest absolute Gasteiger partial charge is 0.427 e. The SMILES string of the molecule is CC(=O)Oc1cccc(-c2cc(C(=O)Cl)ccc2OC(C)=O)c1. The van der Waals surface area contributed by atoms with Crippen molar-refractivity contribution in [3.8, 4) is 22.6 Å². The molecular weight excluding hydrogens is 320 g/mol. The van der Waals surface area contributed by atoms with Crippen LogP contribution >= 0.6 is 11.6 Å². The Labute approximate surface area is 137 Å². The van der Waals surface area contributed by atoms with Crippen LogP contribution in [0.15, 0.2) is 42.5 Å². The molecule has 0 radical (unpaired) electrons. The molecule has 0 fully saturated rings. The zero-order valence-corrected chi connectivity index (χ0v) is 13.2. The summed E-state index contributed by atoms with van der Waals surface area (Å²) >= 11 is 5.50. The summed E-state index contributed by atoms with van der Waals surface area (Å²) in [5.41, 5.74) is 1.36. The van der Waals surface area contributed by atoms with Gasteiger partial charge in [-0.25, -0.2) is 0 Å². The molecule has 118 valence electrons. The van der Waals surface area contributed by atoms with E-state index in [1.807, 2.05) is 0 Å². The molecule has 23 heavy (non-hydrogen) atoms. The van der Waals surface area contributed by atoms with Crippen LogP contribution in [-0.2, 0) is 9.59 Å². The monoisotopic (exact) mass is 332 g/mol. The maximum Gasteiger partial charge on any atom is 0.308 e. The first-order valence-electron chi connectivity index (χ1n) is 6.68. The van der Waals surface area contributed by atoms with Crippen molar-refractivity contribution < 1.29 is 23.9 Å². The lowest BCUT2D eigenvalue weighted by Gasteiger charge is -2.11. The molecule has 2 rings (SSSR count). The van der Waals surface area contributed by atoms with E-state index in [1.54, 1.807) is 24.3 Å². The molecule has 0 aliphatic heterocycles. The summed E-state index contributed by atoms with van der Waals surface area (Å²) in [7, 11) is 0. The molecule has 5 nitrogen and oxygen atoms in total. The van der Waals surface area contributed by atoms with Gasteiger partial charge in [0, 0.05) is 25.0 Å². The Kier molecular flexibility index (Phi) is 5.13. The zero-order chi connectivity index (χ0) is 17.0. The van der Waals surface area contributed by atoms with Gasteiger partial charge in [-0.1, -0.05) is 12.1 Å². The highest BCUT2D eigenvalue weighted by Gasteiger charge is 2.13. The van der Waals surface area contributed by atoms with E-state index in [-0.39, 0.29) is 11.3 Å². The predicted octanol–water partition coefficient (Wildman–Crippen LogP) is 3.58. The number of esters is 2. The molecule has 0 N–H and O–H groups in total. The average Bonchev–Trinajstić information content (AvgIpc) is 2.46. The lowest BCUT2D eigenvalue weighted by Crippen LogP contribution is -2.04. The van der Waals surface area contributed by atoms with Crippen molar-refractivity contribution in [3.63, 3.8) is 0 Å². The Morgan fingerprint density at radius 1 is 0.913 bits per heavy atom. The first-order valence-corrected chi connectivity index (χ1v) is 7.06. The third-order valence-corrected chi connectivity index (χ3v) is 3.09. The van der Waals surface area contributed by atoms with Crippen molar-refractivity contribution in [1.82, 2.24) is 0 Å². The zero-order valence-electron chi connectivity index (χ0n) is 12.5. The third kappa shape index (κ3) is 4.40. The standard InChI is InChI=1S/C17H13ClO5/c1-10(19)22-14-5-3-4-12(8-14)15-9-13(17(18)21)6-7-16(15)23-11(2)20/h3-9H,1-2H3. The van der Waals surface area contributed by atoms with Crippen LogP contribution < -0.4 is 9.47 Å². The highest BCUT2D eigenvalue weighted by molar-refractivity contribution is 6.67. The Bertz CT molecular complexity index is 782. The molecule has 0 saturated heterocycles. The van der Waals surface area contributed by atoms with E-state index in [0.29, 0.717) is 16.9 Å². The van der Waals surface area contributed by atoms with E-state index in [4.69, 9.17) is 21.1 Å². The van der Waals surface area contributed by atoms with Crippen LogP contribution in [0.25, 0.3) is 11.1 Å². The van der Waals surface area contributed by atoms with Crippen molar-refractivity contribution >= 4 is 28.8 Å². The normalized spacial score (nSPS) is 10.0. The maximum absolute atomic E-state index is 11.4. The fourth-order valence-electron chi connectivity index (χ4n) is 2.01. The molecule has 0 amide bonds. The van der Waals surface area contributed by atoms with Crippen LogP contribution in [0.4, 0.5) is 0 Å². The van der Waals surface area contributed by atoms with Gasteiger partial charge in [-0.2, -0.15) is 0 Å². The van der Waals surface area contributed by atoms with E-state index >= 15 is 0 Å². The van der Waals surface area contributed by atoms with Crippen LogP contribution in [0.2, 0.25) is 0 Å². The number of carbonyl (C=O) groups excluding carboxylic acids is 3. The predicted molar refractivity (Wildman–Crippen MR) is 84.7 cm³/mol. The smallest absolute Gasteiger partial charge is 0.308 e. The first kappa shape index (κ1) is 16.7. The number of carbonyl (C=O) groups is 3. The minimum atomic E-state index is -0.628. The van der Waals surface area contributed by atoms with Gasteiger partial charge in [0.1, 0.15) is 11.5 Å². The molecule has 2 aromatic rings. The second kappa shape index (κ2) is 7.07. The second-order valence-electron chi connectivity index (χ2n) is 4.70. The van der Waals surface area contributed by atoms with E-state index in [2.05, 4.69) is 0 Å². The molecule has 0 spiro atoms. The van der Waals surface area contributed by atoms with Crippen molar-refractivity contribution in [2.24, 2.45) is 0 Å². The molecule has 0 aliphatic rings. The third-order valence-electron chi connectivity index (χ3n) is 2.87. The van der Waals surface area contributed by atoms with Gasteiger partial charge in [0.15, 0.2) is 0 Å². The van der Waals surface area contributed by atoms with Gasteiger partial charge in [-0.3, -0.25) is 14.4 Å². The number of hydrogen-bond donors (Lipinski definition) is 0. The summed E-state index contributed by atoms with van der Waals surface area (Å²) in [6.45, 7) is 2.57. The molecular formula is C17H13ClO5. The summed E-state index contributed by atoms with van der Waals surface area (Å²) in [5.74, 6) is -0.329. The lowest BCUT2D eigenvalue weighted by molar-refractivity contribution is -0.132. The van der Waals surface area contributed by atoms with Gasteiger partial charge >= 0.3 is 11.9 Å². The highest BCUT2D eigenvalue weighted by atomic mass is 35.5. The molecule has 6 heteroatoms. The average molecular weight is 333 g/mol. The highest BCUT2D eigenvalue weighted by Crippen LogP contribution is 2.33. The van der Waals surface area contributed by atoms with Crippen molar-refractivity contribution in [3.05, 3.63) is 48.0 Å². The maximum atomic E-state index is 11.4. The lowest BCUT2D eigenvalue weighted by atomic mass is 10.0. The number of hydrogen-bond acceptors (Lipinski definition) is 5. The first-order chi connectivity index (χ1) is 10.9. The Balaban J connectivity index is 2.54. The van der Waals surface area contributed by atoms with Gasteiger partial charge in [0.2, 0.25) is 0 Å². The van der Waals surface area contributed by atoms with E-state index < -0.39 is 17.2 Å². The Morgan fingerprint density at radius 3 is 2.22 bits per heavy atom. The van der Waals surface area contributed by atoms with E-state index in [1.165, 1.54) is 32.0 Å². The summed E-state index contributed by atoms with van der Waals surface area (Å²) in [5, 5.41) is -0.628. The fourth-order valence-corrected chi connectivity index (χ4v) is 2.13. The molecule has 0 aliphatic carbocycles. The number of rotatable bonds is 4. The quantitative estimate of drug-likeness (QED) is 0.486. The van der Waals surface area contributed by atoms with Crippen LogP contribution in [0, 0.1) is 0 Å². The van der Waals surface area contributed by atoms with E-state index in [9.17, 15) is 14.4 Å². The molecule has 0 aromatic heterocycles. The molecule has 0 bridgehead atoms. The number of halogens is 1. The Hall–Kier alpha value is -2.66. The minimum Gasteiger partial charge on any atom is -0.427 e. The summed E-state index contributed by atoms with van der Waals surface area (Å²) in [4.78, 5) is 33.7. The minimum absolute atomic E-state index is 0.260. The van der Waals surface area contributed by atoms with Gasteiger partial charge < -0.3 is 9.47 Å². The molecule has 0 atom stereocenters. The van der Waals surface area contributed by atoms with Crippen LogP contribution in [0.5, 0.6) is 11.5 Å². The molecule has 2 aromatic carbocycles. The van der Waals surface area contributed by atoms with Crippen molar-refractivity contribution in [2.75, 3.05) is 0 Å². The van der Waals surface area contributed by atoms with Crippen LogP contribution in [0.3, 0.4) is 0 Å². The van der Waals surface area contributed by atoms with Gasteiger partial charge in [0.05, 0.1) is 0 Å². The van der Waals surface area contributed by atoms with E-state index in [0.717, 1.165) is 0 Å². The van der Waals surface area contributed by atoms with Crippen LogP contribution in [0.1, 0.15) is 24.2 Å². The van der Waals surface area contributed by atoms with Crippen LogP contribution in [-0.4, -0.2) is 17.2 Å². The molecule has 0 unspecified atom stereocenters. The van der Waals surface area contributed by atoms with Crippen molar-refractivity contribution in [2.45, 2.75) is 13.8 Å². The second-order valence-corrected chi connectivity index (χ2v) is 5.04. The summed E-state index contributed by atoms with van der Waals surface area (Å²) in [6.07, 6.45) is 0. The van der Waals surface area contributed by atoms with Crippen molar-refractivity contribution in [1.29, 1.82) is 0 Å². The number of ether oxygens (including phenoxy) is 2. The van der Waals surface area contributed by atoms with Gasteiger partial charge in [-0.05, 0) is 47.5 Å².